The van der Waals surface area contributed by atoms with Crippen molar-refractivity contribution in [3.8, 4) is 5.69 Å². The lowest BCUT2D eigenvalue weighted by Crippen LogP contribution is -2.37. The molecule has 30 heavy (non-hydrogen) atoms. The second kappa shape index (κ2) is 7.43. The van der Waals surface area contributed by atoms with Gasteiger partial charge in [-0.2, -0.15) is 0 Å². The van der Waals surface area contributed by atoms with Crippen molar-refractivity contribution in [3.05, 3.63) is 95.3 Å². The number of rotatable bonds is 4. The zero-order chi connectivity index (χ0) is 20.7. The van der Waals surface area contributed by atoms with E-state index in [2.05, 4.69) is 51.7 Å². The third kappa shape index (κ3) is 3.37. The van der Waals surface area contributed by atoms with Crippen LogP contribution in [0.15, 0.2) is 73.1 Å². The third-order valence-electron chi connectivity index (χ3n) is 5.99. The molecule has 0 radical (unpaired) electrons. The van der Waals surface area contributed by atoms with Gasteiger partial charge in [-0.05, 0) is 66.4 Å². The van der Waals surface area contributed by atoms with Gasteiger partial charge in [0, 0.05) is 24.8 Å². The van der Waals surface area contributed by atoms with Crippen molar-refractivity contribution in [3.63, 3.8) is 0 Å². The molecular formula is C25H23N3O2. The van der Waals surface area contributed by atoms with Crippen LogP contribution in [0.1, 0.15) is 34.0 Å². The number of carboxylic acids is 1. The van der Waals surface area contributed by atoms with Crippen molar-refractivity contribution >= 4 is 17.0 Å². The summed E-state index contributed by atoms with van der Waals surface area (Å²) in [7, 11) is 0. The molecule has 0 bridgehead atoms. The van der Waals surface area contributed by atoms with Crippen LogP contribution in [0.2, 0.25) is 0 Å². The van der Waals surface area contributed by atoms with E-state index in [0.29, 0.717) is 11.6 Å². The molecule has 1 unspecified atom stereocenters. The molecule has 0 fully saturated rings. The van der Waals surface area contributed by atoms with E-state index in [4.69, 9.17) is 0 Å². The van der Waals surface area contributed by atoms with Gasteiger partial charge in [0.25, 0.3) is 0 Å². The van der Waals surface area contributed by atoms with Gasteiger partial charge in [-0.25, -0.2) is 9.78 Å². The number of fused-ring (bicyclic) bond motifs is 2. The molecule has 150 valence electrons. The molecule has 0 amide bonds. The van der Waals surface area contributed by atoms with Crippen LogP contribution >= 0.6 is 0 Å². The van der Waals surface area contributed by atoms with E-state index in [-0.39, 0.29) is 0 Å². The number of aromatic carboxylic acids is 1. The van der Waals surface area contributed by atoms with Crippen molar-refractivity contribution < 1.29 is 9.90 Å². The van der Waals surface area contributed by atoms with Crippen LogP contribution in [0.25, 0.3) is 16.7 Å². The van der Waals surface area contributed by atoms with Gasteiger partial charge >= 0.3 is 5.97 Å². The van der Waals surface area contributed by atoms with Gasteiger partial charge in [0.05, 0.1) is 16.6 Å². The monoisotopic (exact) mass is 397 g/mol. The molecule has 5 rings (SSSR count). The maximum atomic E-state index is 11.3. The minimum atomic E-state index is -0.864. The second-order valence-electron chi connectivity index (χ2n) is 8.02. The summed E-state index contributed by atoms with van der Waals surface area (Å²) in [5, 5.41) is 9.25. The molecule has 0 aliphatic carbocycles. The van der Waals surface area contributed by atoms with Crippen LogP contribution in [-0.4, -0.2) is 31.6 Å². The van der Waals surface area contributed by atoms with E-state index >= 15 is 0 Å². The molecule has 0 saturated heterocycles. The van der Waals surface area contributed by atoms with Gasteiger partial charge in [0.1, 0.15) is 6.33 Å². The Balaban J connectivity index is 1.40. The molecule has 4 aromatic rings. The Hall–Kier alpha value is -3.44. The highest BCUT2D eigenvalue weighted by Gasteiger charge is 2.24. The lowest BCUT2D eigenvalue weighted by molar-refractivity contribution is 0.0696. The number of benzene rings is 3. The molecule has 5 nitrogen and oxygen atoms in total. The summed E-state index contributed by atoms with van der Waals surface area (Å²) in [5.41, 5.74) is 7.19. The Morgan fingerprint density at radius 1 is 1.07 bits per heavy atom. The summed E-state index contributed by atoms with van der Waals surface area (Å²) < 4.78 is 2.13. The van der Waals surface area contributed by atoms with Gasteiger partial charge in [-0.3, -0.25) is 9.47 Å². The van der Waals surface area contributed by atoms with E-state index in [1.165, 1.54) is 11.1 Å². The Morgan fingerprint density at radius 3 is 2.80 bits per heavy atom. The fourth-order valence-corrected chi connectivity index (χ4v) is 4.34. The number of nitrogens with zero attached hydrogens (tertiary/aromatic N) is 3. The minimum Gasteiger partial charge on any atom is -0.478 e. The van der Waals surface area contributed by atoms with Gasteiger partial charge in [0.2, 0.25) is 0 Å². The highest BCUT2D eigenvalue weighted by atomic mass is 16.4. The van der Waals surface area contributed by atoms with Crippen LogP contribution < -0.4 is 0 Å². The first-order valence-electron chi connectivity index (χ1n) is 10.2. The van der Waals surface area contributed by atoms with Crippen LogP contribution in [0.5, 0.6) is 0 Å². The van der Waals surface area contributed by atoms with Gasteiger partial charge in [0.15, 0.2) is 0 Å². The Morgan fingerprint density at radius 2 is 1.93 bits per heavy atom. The fourth-order valence-electron chi connectivity index (χ4n) is 4.34. The summed E-state index contributed by atoms with van der Waals surface area (Å²) in [6.45, 7) is 3.89. The molecule has 0 spiro atoms. The lowest BCUT2D eigenvalue weighted by Gasteiger charge is -2.35. The molecule has 1 aliphatic heterocycles. The number of carboxylic acid groups (broad SMARTS) is 1. The zero-order valence-corrected chi connectivity index (χ0v) is 16.8. The molecule has 0 saturated carbocycles. The first kappa shape index (κ1) is 18.6. The summed E-state index contributed by atoms with van der Waals surface area (Å²) in [6.07, 6.45) is 2.74. The molecular weight excluding hydrogens is 374 g/mol. The van der Waals surface area contributed by atoms with Crippen molar-refractivity contribution in [2.24, 2.45) is 0 Å². The molecule has 1 aromatic heterocycles. The van der Waals surface area contributed by atoms with Crippen molar-refractivity contribution in [1.82, 2.24) is 14.5 Å². The zero-order valence-electron chi connectivity index (χ0n) is 16.8. The molecule has 1 N–H and O–H groups in total. The number of para-hydroxylation sites is 2. The Bertz CT molecular complexity index is 1240. The molecule has 5 heteroatoms. The molecule has 1 atom stereocenters. The van der Waals surface area contributed by atoms with Crippen LogP contribution in [0, 0.1) is 0 Å². The number of aromatic nitrogens is 2. The van der Waals surface area contributed by atoms with Crippen LogP contribution in [-0.2, 0) is 19.5 Å². The predicted molar refractivity (Wildman–Crippen MR) is 117 cm³/mol. The van der Waals surface area contributed by atoms with E-state index in [1.54, 1.807) is 6.07 Å². The Labute approximate surface area is 175 Å². The van der Waals surface area contributed by atoms with Crippen molar-refractivity contribution in [2.75, 3.05) is 0 Å². The maximum absolute atomic E-state index is 11.3. The SMILES string of the molecule is CC1Cc2cc(C(=O)O)ccc2CN1Cc1cccc(-n2cnc3ccccc32)c1. The summed E-state index contributed by atoms with van der Waals surface area (Å²) >= 11 is 0. The second-order valence-corrected chi connectivity index (χ2v) is 8.02. The summed E-state index contributed by atoms with van der Waals surface area (Å²) in [5.74, 6) is -0.864. The largest absolute Gasteiger partial charge is 0.478 e. The smallest absolute Gasteiger partial charge is 0.335 e. The summed E-state index contributed by atoms with van der Waals surface area (Å²) in [6, 6.07) is 22.6. The standard InChI is InChI=1S/C25H23N3O2/c1-17-11-21-13-19(25(29)30)9-10-20(21)15-27(17)14-18-5-4-6-22(12-18)28-16-26-23-7-2-3-8-24(23)28/h2-10,12-13,16-17H,11,14-15H2,1H3,(H,29,30). The van der Waals surface area contributed by atoms with Crippen LogP contribution in [0.4, 0.5) is 0 Å². The number of imidazole rings is 1. The van der Waals surface area contributed by atoms with Crippen molar-refractivity contribution in [1.29, 1.82) is 0 Å². The number of hydrogen-bond acceptors (Lipinski definition) is 3. The topological polar surface area (TPSA) is 58.4 Å². The molecule has 3 aromatic carbocycles. The van der Waals surface area contributed by atoms with Crippen molar-refractivity contribution in [2.45, 2.75) is 32.5 Å². The number of carbonyl (C=O) groups is 1. The third-order valence-corrected chi connectivity index (χ3v) is 5.99. The predicted octanol–water partition coefficient (Wildman–Crippen LogP) is 4.67. The molecule has 2 heterocycles. The maximum Gasteiger partial charge on any atom is 0.335 e. The fraction of sp³-hybridized carbons (Fsp3) is 0.200. The first-order chi connectivity index (χ1) is 14.6. The van der Waals surface area contributed by atoms with Gasteiger partial charge in [-0.15, -0.1) is 0 Å². The normalized spacial score (nSPS) is 16.5. The summed E-state index contributed by atoms with van der Waals surface area (Å²) in [4.78, 5) is 18.2. The van der Waals surface area contributed by atoms with E-state index in [0.717, 1.165) is 41.8 Å². The van der Waals surface area contributed by atoms with E-state index in [1.807, 2.05) is 36.7 Å². The van der Waals surface area contributed by atoms with Gasteiger partial charge in [-0.1, -0.05) is 30.3 Å². The number of hydrogen-bond donors (Lipinski definition) is 1. The Kier molecular flexibility index (Phi) is 4.60. The highest BCUT2D eigenvalue weighted by Crippen LogP contribution is 2.27. The average Bonchev–Trinajstić information content (AvgIpc) is 3.18. The quantitative estimate of drug-likeness (QED) is 0.544. The van der Waals surface area contributed by atoms with Gasteiger partial charge < -0.3 is 5.11 Å². The average molecular weight is 397 g/mol. The minimum absolute atomic E-state index is 0.347. The van der Waals surface area contributed by atoms with E-state index in [9.17, 15) is 9.90 Å². The highest BCUT2D eigenvalue weighted by molar-refractivity contribution is 5.88. The first-order valence-corrected chi connectivity index (χ1v) is 10.2. The van der Waals surface area contributed by atoms with E-state index < -0.39 is 5.97 Å². The van der Waals surface area contributed by atoms with Crippen LogP contribution in [0.3, 0.4) is 0 Å². The molecule has 1 aliphatic rings. The lowest BCUT2D eigenvalue weighted by atomic mass is 9.92.